The van der Waals surface area contributed by atoms with E-state index in [4.69, 9.17) is 10.1 Å². The van der Waals surface area contributed by atoms with Crippen LogP contribution in [0.3, 0.4) is 0 Å². The Morgan fingerprint density at radius 1 is 0.900 bits per heavy atom. The minimum Gasteiger partial charge on any atom is -0.320 e. The highest BCUT2D eigenvalue weighted by Gasteiger charge is 2.20. The van der Waals surface area contributed by atoms with Gasteiger partial charge in [-0.1, -0.05) is 64.5 Å². The van der Waals surface area contributed by atoms with Gasteiger partial charge in [-0.15, -0.1) is 6.58 Å². The van der Waals surface area contributed by atoms with Crippen molar-refractivity contribution < 1.29 is 0 Å². The molecule has 0 aliphatic heterocycles. The lowest BCUT2D eigenvalue weighted by atomic mass is 10.1. The van der Waals surface area contributed by atoms with Crippen molar-refractivity contribution >= 4 is 27.0 Å². The molecule has 3 aromatic carbocycles. The van der Waals surface area contributed by atoms with Crippen LogP contribution >= 0.6 is 15.9 Å². The number of benzene rings is 3. The number of hydrogen-bond acceptors (Lipinski definition) is 2. The number of para-hydroxylation sites is 3. The molecule has 146 valence electrons. The Balaban J connectivity index is 1.78. The van der Waals surface area contributed by atoms with Gasteiger partial charge < -0.3 is 4.57 Å². The molecule has 0 fully saturated rings. The second kappa shape index (κ2) is 7.76. The molecule has 5 heteroatoms. The quantitative estimate of drug-likeness (QED) is 0.284. The van der Waals surface area contributed by atoms with E-state index < -0.39 is 0 Å². The van der Waals surface area contributed by atoms with Gasteiger partial charge in [0.15, 0.2) is 0 Å². The van der Waals surface area contributed by atoms with E-state index in [9.17, 15) is 0 Å². The summed E-state index contributed by atoms with van der Waals surface area (Å²) >= 11 is 3.53. The van der Waals surface area contributed by atoms with Crippen molar-refractivity contribution in [2.75, 3.05) is 0 Å². The fraction of sp³-hybridized carbons (Fsp3) is 0.0400. The SMILES string of the molecule is C=CCn1c(-c2cn(-c3ccccc3)nc2-c2ccc(Br)cc2)nc2ccccc21. The fourth-order valence-electron chi connectivity index (χ4n) is 3.67. The van der Waals surface area contributed by atoms with Crippen LogP contribution in [0.4, 0.5) is 0 Å². The van der Waals surface area contributed by atoms with Gasteiger partial charge in [-0.25, -0.2) is 9.67 Å². The molecular formula is C25H19BrN4. The highest BCUT2D eigenvalue weighted by Crippen LogP contribution is 2.34. The Hall–Kier alpha value is -3.44. The van der Waals surface area contributed by atoms with Crippen molar-refractivity contribution in [2.24, 2.45) is 0 Å². The average Bonchev–Trinajstić information content (AvgIpc) is 3.38. The molecule has 0 N–H and O–H groups in total. The van der Waals surface area contributed by atoms with Gasteiger partial charge >= 0.3 is 0 Å². The summed E-state index contributed by atoms with van der Waals surface area (Å²) in [6.07, 6.45) is 3.96. The molecule has 2 aromatic heterocycles. The standard InChI is InChI=1S/C25H19BrN4/c1-2-16-29-23-11-7-6-10-22(23)27-25(29)21-17-30(20-8-4-3-5-9-20)28-24(21)18-12-14-19(26)15-13-18/h2-15,17H,1,16H2. The van der Waals surface area contributed by atoms with E-state index in [-0.39, 0.29) is 0 Å². The van der Waals surface area contributed by atoms with Crippen molar-refractivity contribution in [1.82, 2.24) is 19.3 Å². The van der Waals surface area contributed by atoms with Gasteiger partial charge in [0.05, 0.1) is 22.3 Å². The Bertz CT molecular complexity index is 1330. The molecule has 0 radical (unpaired) electrons. The van der Waals surface area contributed by atoms with Gasteiger partial charge in [-0.2, -0.15) is 5.10 Å². The summed E-state index contributed by atoms with van der Waals surface area (Å²) in [7, 11) is 0. The average molecular weight is 455 g/mol. The van der Waals surface area contributed by atoms with E-state index in [2.05, 4.69) is 63.6 Å². The van der Waals surface area contributed by atoms with Crippen LogP contribution in [-0.2, 0) is 6.54 Å². The monoisotopic (exact) mass is 454 g/mol. The van der Waals surface area contributed by atoms with Gasteiger partial charge in [0, 0.05) is 22.8 Å². The molecule has 0 saturated heterocycles. The molecule has 0 unspecified atom stereocenters. The summed E-state index contributed by atoms with van der Waals surface area (Å²) in [5.41, 5.74) is 5.98. The van der Waals surface area contributed by atoms with Gasteiger partial charge in [0.25, 0.3) is 0 Å². The number of rotatable bonds is 5. The second-order valence-electron chi connectivity index (χ2n) is 7.00. The number of allylic oxidation sites excluding steroid dienone is 1. The van der Waals surface area contributed by atoms with Crippen LogP contribution in [0.1, 0.15) is 0 Å². The van der Waals surface area contributed by atoms with Crippen molar-refractivity contribution in [3.8, 4) is 28.3 Å². The summed E-state index contributed by atoms with van der Waals surface area (Å²) in [6.45, 7) is 4.62. The highest BCUT2D eigenvalue weighted by atomic mass is 79.9. The largest absolute Gasteiger partial charge is 0.320 e. The van der Waals surface area contributed by atoms with E-state index in [0.29, 0.717) is 6.54 Å². The molecule has 0 atom stereocenters. The summed E-state index contributed by atoms with van der Waals surface area (Å²) < 4.78 is 5.15. The zero-order valence-corrected chi connectivity index (χ0v) is 17.8. The maximum Gasteiger partial charge on any atom is 0.145 e. The third-order valence-corrected chi connectivity index (χ3v) is 5.59. The molecule has 5 aromatic rings. The van der Waals surface area contributed by atoms with E-state index in [1.54, 1.807) is 0 Å². The third-order valence-electron chi connectivity index (χ3n) is 5.06. The van der Waals surface area contributed by atoms with Crippen LogP contribution in [0.15, 0.2) is 102 Å². The third kappa shape index (κ3) is 3.27. The van der Waals surface area contributed by atoms with Crippen molar-refractivity contribution in [3.63, 3.8) is 0 Å². The van der Waals surface area contributed by atoms with Gasteiger partial charge in [-0.3, -0.25) is 0 Å². The lowest BCUT2D eigenvalue weighted by molar-refractivity contribution is 0.861. The Labute approximate surface area is 183 Å². The highest BCUT2D eigenvalue weighted by molar-refractivity contribution is 9.10. The predicted octanol–water partition coefficient (Wildman–Crippen LogP) is 6.50. The zero-order valence-electron chi connectivity index (χ0n) is 16.2. The first-order chi connectivity index (χ1) is 14.7. The topological polar surface area (TPSA) is 35.6 Å². The molecule has 0 amide bonds. The lowest BCUT2D eigenvalue weighted by Gasteiger charge is -2.07. The minimum atomic E-state index is 0.673. The molecule has 0 spiro atoms. The second-order valence-corrected chi connectivity index (χ2v) is 7.92. The minimum absolute atomic E-state index is 0.673. The molecular weight excluding hydrogens is 436 g/mol. The Kier molecular flexibility index (Phi) is 4.81. The smallest absolute Gasteiger partial charge is 0.145 e. The van der Waals surface area contributed by atoms with Crippen LogP contribution in [0.25, 0.3) is 39.4 Å². The molecule has 0 aliphatic rings. The van der Waals surface area contributed by atoms with Crippen molar-refractivity contribution in [2.45, 2.75) is 6.54 Å². The van der Waals surface area contributed by atoms with E-state index in [1.807, 2.05) is 59.3 Å². The van der Waals surface area contributed by atoms with Gasteiger partial charge in [0.2, 0.25) is 0 Å². The lowest BCUT2D eigenvalue weighted by Crippen LogP contribution is -1.98. The normalized spacial score (nSPS) is 11.1. The van der Waals surface area contributed by atoms with Crippen LogP contribution in [0, 0.1) is 0 Å². The molecule has 0 saturated carbocycles. The summed E-state index contributed by atoms with van der Waals surface area (Å²) in [4.78, 5) is 4.96. The molecule has 2 heterocycles. The Morgan fingerprint density at radius 3 is 2.40 bits per heavy atom. The number of aromatic nitrogens is 4. The maximum absolute atomic E-state index is 4.96. The molecule has 4 nitrogen and oxygen atoms in total. The molecule has 30 heavy (non-hydrogen) atoms. The van der Waals surface area contributed by atoms with E-state index in [1.165, 1.54) is 0 Å². The van der Waals surface area contributed by atoms with Gasteiger partial charge in [0.1, 0.15) is 11.5 Å². The maximum atomic E-state index is 4.96. The first-order valence-electron chi connectivity index (χ1n) is 9.72. The summed E-state index contributed by atoms with van der Waals surface area (Å²) in [6, 6.07) is 26.5. The Morgan fingerprint density at radius 2 is 1.63 bits per heavy atom. The number of fused-ring (bicyclic) bond motifs is 1. The van der Waals surface area contributed by atoms with E-state index >= 15 is 0 Å². The van der Waals surface area contributed by atoms with Crippen LogP contribution in [-0.4, -0.2) is 19.3 Å². The summed E-state index contributed by atoms with van der Waals surface area (Å²) in [5.74, 6) is 0.885. The van der Waals surface area contributed by atoms with Crippen LogP contribution in [0.2, 0.25) is 0 Å². The van der Waals surface area contributed by atoms with Crippen LogP contribution < -0.4 is 0 Å². The van der Waals surface area contributed by atoms with Crippen molar-refractivity contribution in [3.05, 3.63) is 102 Å². The number of hydrogen-bond donors (Lipinski definition) is 0. The number of imidazole rings is 1. The molecule has 5 rings (SSSR count). The summed E-state index contributed by atoms with van der Waals surface area (Å²) in [5, 5.41) is 4.95. The predicted molar refractivity (Wildman–Crippen MR) is 126 cm³/mol. The van der Waals surface area contributed by atoms with Crippen molar-refractivity contribution in [1.29, 1.82) is 0 Å². The number of halogens is 1. The molecule has 0 bridgehead atoms. The van der Waals surface area contributed by atoms with E-state index in [0.717, 1.165) is 43.8 Å². The first kappa shape index (κ1) is 18.6. The first-order valence-corrected chi connectivity index (χ1v) is 10.5. The zero-order chi connectivity index (χ0) is 20.5. The van der Waals surface area contributed by atoms with Crippen LogP contribution in [0.5, 0.6) is 0 Å². The number of nitrogens with zero attached hydrogens (tertiary/aromatic N) is 4. The van der Waals surface area contributed by atoms with Gasteiger partial charge in [-0.05, 0) is 36.4 Å². The molecule has 0 aliphatic carbocycles. The fourth-order valence-corrected chi connectivity index (χ4v) is 3.93.